The minimum absolute atomic E-state index is 0.000956. The Kier molecular flexibility index (Phi) is 5.06. The molecule has 0 spiro atoms. The smallest absolute Gasteiger partial charge is 0.267 e. The van der Waals surface area contributed by atoms with Gasteiger partial charge in [-0.1, -0.05) is 24.3 Å². The van der Waals surface area contributed by atoms with Crippen LogP contribution in [-0.4, -0.2) is 39.9 Å². The molecule has 0 radical (unpaired) electrons. The number of fused-ring (bicyclic) bond motifs is 1. The molecule has 146 valence electrons. The Labute approximate surface area is 160 Å². The van der Waals surface area contributed by atoms with Crippen molar-refractivity contribution in [3.05, 3.63) is 54.2 Å². The lowest BCUT2D eigenvalue weighted by Crippen LogP contribution is -2.34. The molecule has 6 nitrogen and oxygen atoms in total. The van der Waals surface area contributed by atoms with Gasteiger partial charge in [0.1, 0.15) is 18.2 Å². The molecule has 2 heterocycles. The third kappa shape index (κ3) is 3.48. The molecule has 1 aliphatic rings. The number of hydroxylamine groups is 2. The van der Waals surface area contributed by atoms with E-state index in [9.17, 15) is 13.6 Å². The van der Waals surface area contributed by atoms with Crippen LogP contribution in [0.25, 0.3) is 22.0 Å². The van der Waals surface area contributed by atoms with Gasteiger partial charge in [-0.25, -0.2) is 13.8 Å². The number of aromatic nitrogens is 2. The van der Waals surface area contributed by atoms with E-state index in [4.69, 9.17) is 10.6 Å². The van der Waals surface area contributed by atoms with Gasteiger partial charge in [0.25, 0.3) is 5.91 Å². The van der Waals surface area contributed by atoms with Crippen LogP contribution in [0.5, 0.6) is 0 Å². The summed E-state index contributed by atoms with van der Waals surface area (Å²) in [5.41, 5.74) is 6.61. The van der Waals surface area contributed by atoms with Crippen LogP contribution in [0.2, 0.25) is 0 Å². The van der Waals surface area contributed by atoms with Crippen LogP contribution in [0.4, 0.5) is 8.78 Å². The van der Waals surface area contributed by atoms with Crippen molar-refractivity contribution in [2.75, 3.05) is 13.2 Å². The zero-order chi connectivity index (χ0) is 19.7. The number of amides is 1. The molecule has 3 aromatic rings. The summed E-state index contributed by atoms with van der Waals surface area (Å²) in [5, 5.41) is 6.24. The van der Waals surface area contributed by atoms with Gasteiger partial charge in [-0.2, -0.15) is 5.10 Å². The molecule has 1 aliphatic heterocycles. The molecular weight excluding hydrogens is 366 g/mol. The van der Waals surface area contributed by atoms with E-state index in [0.717, 1.165) is 0 Å². The van der Waals surface area contributed by atoms with Gasteiger partial charge in [-0.3, -0.25) is 14.3 Å². The molecule has 2 aromatic carbocycles. The molecular formula is C20H20F2N4O2. The minimum atomic E-state index is -0.670. The number of rotatable bonds is 3. The number of nitrogens with zero attached hydrogens (tertiary/aromatic N) is 3. The molecule has 1 saturated heterocycles. The van der Waals surface area contributed by atoms with Crippen LogP contribution in [0.15, 0.2) is 42.6 Å². The molecule has 1 aromatic heterocycles. The molecule has 0 bridgehead atoms. The summed E-state index contributed by atoms with van der Waals surface area (Å²) >= 11 is 0. The van der Waals surface area contributed by atoms with Crippen molar-refractivity contribution in [3.8, 4) is 11.1 Å². The first kappa shape index (κ1) is 18.5. The second kappa shape index (κ2) is 7.65. The fourth-order valence-corrected chi connectivity index (χ4v) is 3.43. The Morgan fingerprint density at radius 3 is 2.71 bits per heavy atom. The highest BCUT2D eigenvalue weighted by Crippen LogP contribution is 2.32. The molecule has 28 heavy (non-hydrogen) atoms. The zero-order valence-corrected chi connectivity index (χ0v) is 15.1. The first-order valence-electron chi connectivity index (χ1n) is 9.12. The highest BCUT2D eigenvalue weighted by atomic mass is 19.1. The van der Waals surface area contributed by atoms with Crippen molar-refractivity contribution in [2.45, 2.75) is 25.4 Å². The predicted octanol–water partition coefficient (Wildman–Crippen LogP) is 2.86. The first-order chi connectivity index (χ1) is 13.5. The number of halogens is 2. The standard InChI is InChI=1S/C20H20F2N4O2/c21-16-5-2-6-17(22)19(16)15-4-1-3-13-11-24-25(20(13)15)12-18(27)26-9-7-14(23)8-10-28-26/h1-6,11,14H,7-10,12,23H2/t14-/m1/s1. The van der Waals surface area contributed by atoms with E-state index in [2.05, 4.69) is 5.10 Å². The molecule has 1 amide bonds. The maximum Gasteiger partial charge on any atom is 0.267 e. The fraction of sp³-hybridized carbons (Fsp3) is 0.300. The maximum absolute atomic E-state index is 14.4. The monoisotopic (exact) mass is 386 g/mol. The van der Waals surface area contributed by atoms with Crippen LogP contribution in [-0.2, 0) is 16.2 Å². The zero-order valence-electron chi connectivity index (χ0n) is 15.1. The third-order valence-corrected chi connectivity index (χ3v) is 4.90. The minimum Gasteiger partial charge on any atom is -0.328 e. The van der Waals surface area contributed by atoms with E-state index < -0.39 is 11.6 Å². The van der Waals surface area contributed by atoms with Gasteiger partial charge < -0.3 is 5.73 Å². The highest BCUT2D eigenvalue weighted by molar-refractivity contribution is 5.95. The van der Waals surface area contributed by atoms with Crippen LogP contribution >= 0.6 is 0 Å². The Morgan fingerprint density at radius 1 is 1.18 bits per heavy atom. The summed E-state index contributed by atoms with van der Waals surface area (Å²) < 4.78 is 30.2. The molecule has 1 atom stereocenters. The van der Waals surface area contributed by atoms with E-state index in [1.165, 1.54) is 27.9 Å². The third-order valence-electron chi connectivity index (χ3n) is 4.90. The molecule has 2 N–H and O–H groups in total. The molecule has 1 fully saturated rings. The summed E-state index contributed by atoms with van der Waals surface area (Å²) in [6.45, 7) is 0.665. The van der Waals surface area contributed by atoms with Crippen molar-refractivity contribution < 1.29 is 18.4 Å². The van der Waals surface area contributed by atoms with E-state index in [1.54, 1.807) is 24.4 Å². The molecule has 0 saturated carbocycles. The molecule has 8 heteroatoms. The van der Waals surface area contributed by atoms with Crippen molar-refractivity contribution >= 4 is 16.8 Å². The van der Waals surface area contributed by atoms with E-state index >= 15 is 0 Å². The largest absolute Gasteiger partial charge is 0.328 e. The van der Waals surface area contributed by atoms with Gasteiger partial charge in [-0.15, -0.1) is 0 Å². The number of benzene rings is 2. The Morgan fingerprint density at radius 2 is 1.93 bits per heavy atom. The van der Waals surface area contributed by atoms with Crippen molar-refractivity contribution in [1.29, 1.82) is 0 Å². The summed E-state index contributed by atoms with van der Waals surface area (Å²) in [4.78, 5) is 18.2. The lowest BCUT2D eigenvalue weighted by molar-refractivity contribution is -0.184. The number of para-hydroxylation sites is 1. The second-order valence-electron chi connectivity index (χ2n) is 6.81. The van der Waals surface area contributed by atoms with Gasteiger partial charge in [0, 0.05) is 17.0 Å². The number of hydrogen-bond acceptors (Lipinski definition) is 4. The maximum atomic E-state index is 14.4. The Bertz CT molecular complexity index is 1000. The predicted molar refractivity (Wildman–Crippen MR) is 100.0 cm³/mol. The Hall–Kier alpha value is -2.84. The second-order valence-corrected chi connectivity index (χ2v) is 6.81. The Balaban J connectivity index is 1.70. The van der Waals surface area contributed by atoms with E-state index in [-0.39, 0.29) is 24.1 Å². The summed E-state index contributed by atoms with van der Waals surface area (Å²) in [5.74, 6) is -1.63. The van der Waals surface area contributed by atoms with Gasteiger partial charge in [0.15, 0.2) is 0 Å². The van der Waals surface area contributed by atoms with Crippen LogP contribution in [0.1, 0.15) is 12.8 Å². The number of carbonyl (C=O) groups excluding carboxylic acids is 1. The summed E-state index contributed by atoms with van der Waals surface area (Å²) in [7, 11) is 0. The summed E-state index contributed by atoms with van der Waals surface area (Å²) in [6.07, 6.45) is 2.91. The molecule has 4 rings (SSSR count). The lowest BCUT2D eigenvalue weighted by Gasteiger charge is -2.19. The van der Waals surface area contributed by atoms with Crippen molar-refractivity contribution in [3.63, 3.8) is 0 Å². The summed E-state index contributed by atoms with van der Waals surface area (Å²) in [6, 6.07) is 8.84. The number of nitrogens with two attached hydrogens (primary N) is 1. The highest BCUT2D eigenvalue weighted by Gasteiger charge is 2.22. The average molecular weight is 386 g/mol. The SMILES string of the molecule is N[C@H]1CCON(C(=O)Cn2ncc3cccc(-c4c(F)cccc4F)c32)CC1. The van der Waals surface area contributed by atoms with Gasteiger partial charge in [0.2, 0.25) is 0 Å². The van der Waals surface area contributed by atoms with Crippen LogP contribution in [0.3, 0.4) is 0 Å². The molecule has 0 unspecified atom stereocenters. The van der Waals surface area contributed by atoms with E-state index in [0.29, 0.717) is 42.5 Å². The van der Waals surface area contributed by atoms with Crippen LogP contribution in [0, 0.1) is 11.6 Å². The number of hydrogen-bond donors (Lipinski definition) is 1. The first-order valence-corrected chi connectivity index (χ1v) is 9.12. The fourth-order valence-electron chi connectivity index (χ4n) is 3.43. The average Bonchev–Trinajstić information content (AvgIpc) is 2.94. The van der Waals surface area contributed by atoms with Gasteiger partial charge >= 0.3 is 0 Å². The van der Waals surface area contributed by atoms with Crippen molar-refractivity contribution in [2.24, 2.45) is 5.73 Å². The topological polar surface area (TPSA) is 73.4 Å². The van der Waals surface area contributed by atoms with E-state index in [1.807, 2.05) is 0 Å². The van der Waals surface area contributed by atoms with Gasteiger partial charge in [-0.05, 0) is 25.0 Å². The lowest BCUT2D eigenvalue weighted by atomic mass is 10.0. The molecule has 0 aliphatic carbocycles. The quantitative estimate of drug-likeness (QED) is 0.751. The van der Waals surface area contributed by atoms with Gasteiger partial charge in [0.05, 0.1) is 30.4 Å². The van der Waals surface area contributed by atoms with Crippen molar-refractivity contribution in [1.82, 2.24) is 14.8 Å². The van der Waals surface area contributed by atoms with Crippen LogP contribution < -0.4 is 5.73 Å². The number of carbonyl (C=O) groups is 1. The normalized spacial score (nSPS) is 17.7.